The first-order valence-electron chi connectivity index (χ1n) is 6.17. The van der Waals surface area contributed by atoms with Gasteiger partial charge in [-0.1, -0.05) is 17.7 Å². The molecule has 100 valence electrons. The zero-order valence-electron chi connectivity index (χ0n) is 11.1. The number of rotatable bonds is 5. The van der Waals surface area contributed by atoms with Crippen molar-refractivity contribution in [3.05, 3.63) is 58.4 Å². The van der Waals surface area contributed by atoms with Crippen molar-refractivity contribution in [1.82, 2.24) is 10.3 Å². The van der Waals surface area contributed by atoms with Gasteiger partial charge in [0.05, 0.1) is 11.4 Å². The first-order chi connectivity index (χ1) is 9.19. The molecule has 1 aromatic carbocycles. The van der Waals surface area contributed by atoms with Gasteiger partial charge in [-0.05, 0) is 49.9 Å². The third-order valence-corrected chi connectivity index (χ3v) is 2.97. The maximum atomic E-state index is 5.91. The van der Waals surface area contributed by atoms with Crippen LogP contribution >= 0.6 is 11.6 Å². The Morgan fingerprint density at radius 3 is 2.74 bits per heavy atom. The molecule has 1 heterocycles. The molecular weight excluding hydrogens is 260 g/mol. The first kappa shape index (κ1) is 13.8. The highest BCUT2D eigenvalue weighted by atomic mass is 35.5. The van der Waals surface area contributed by atoms with Crippen LogP contribution in [0.4, 0.5) is 0 Å². The van der Waals surface area contributed by atoms with Crippen LogP contribution in [0.3, 0.4) is 0 Å². The molecule has 0 radical (unpaired) electrons. The Hall–Kier alpha value is -1.58. The third-order valence-electron chi connectivity index (χ3n) is 2.73. The summed E-state index contributed by atoms with van der Waals surface area (Å²) in [5, 5.41) is 3.80. The molecule has 0 fully saturated rings. The number of pyridine rings is 1. The van der Waals surface area contributed by atoms with Crippen molar-refractivity contribution in [2.45, 2.75) is 20.1 Å². The van der Waals surface area contributed by atoms with E-state index < -0.39 is 0 Å². The van der Waals surface area contributed by atoms with Crippen molar-refractivity contribution in [2.75, 3.05) is 7.05 Å². The minimum absolute atomic E-state index is 0.458. The summed E-state index contributed by atoms with van der Waals surface area (Å²) in [6, 6.07) is 11.6. The third kappa shape index (κ3) is 3.94. The number of hydrogen-bond acceptors (Lipinski definition) is 3. The lowest BCUT2D eigenvalue weighted by molar-refractivity contribution is 0.299. The van der Waals surface area contributed by atoms with Gasteiger partial charge in [-0.3, -0.25) is 4.98 Å². The van der Waals surface area contributed by atoms with Gasteiger partial charge in [0.1, 0.15) is 12.4 Å². The normalized spacial score (nSPS) is 10.5. The van der Waals surface area contributed by atoms with Crippen molar-refractivity contribution in [3.8, 4) is 5.75 Å². The topological polar surface area (TPSA) is 34.1 Å². The predicted octanol–water partition coefficient (Wildman–Crippen LogP) is 3.34. The van der Waals surface area contributed by atoms with E-state index in [9.17, 15) is 0 Å². The molecule has 0 amide bonds. The van der Waals surface area contributed by atoms with Crippen LogP contribution in [0.5, 0.6) is 5.75 Å². The number of aryl methyl sites for hydroxylation is 1. The quantitative estimate of drug-likeness (QED) is 0.909. The molecule has 0 aliphatic carbocycles. The Morgan fingerprint density at radius 2 is 2.00 bits per heavy atom. The van der Waals surface area contributed by atoms with Crippen LogP contribution in [-0.2, 0) is 13.2 Å². The van der Waals surface area contributed by atoms with Crippen LogP contribution in [0.1, 0.15) is 17.0 Å². The molecule has 0 aliphatic heterocycles. The van der Waals surface area contributed by atoms with Gasteiger partial charge < -0.3 is 10.1 Å². The second-order valence-electron chi connectivity index (χ2n) is 4.35. The molecule has 1 aromatic heterocycles. The molecule has 4 heteroatoms. The van der Waals surface area contributed by atoms with Gasteiger partial charge in [-0.25, -0.2) is 0 Å². The fourth-order valence-corrected chi connectivity index (χ4v) is 2.04. The molecule has 0 saturated heterocycles. The molecular formula is C15H17ClN2O. The largest absolute Gasteiger partial charge is 0.487 e. The van der Waals surface area contributed by atoms with Crippen LogP contribution in [0.15, 0.2) is 36.4 Å². The van der Waals surface area contributed by atoms with Crippen LogP contribution in [0, 0.1) is 6.92 Å². The van der Waals surface area contributed by atoms with E-state index >= 15 is 0 Å². The molecule has 1 N–H and O–H groups in total. The fourth-order valence-electron chi connectivity index (χ4n) is 1.82. The van der Waals surface area contributed by atoms with Crippen molar-refractivity contribution in [3.63, 3.8) is 0 Å². The summed E-state index contributed by atoms with van der Waals surface area (Å²) >= 11 is 5.91. The van der Waals surface area contributed by atoms with E-state index in [0.717, 1.165) is 34.3 Å². The average Bonchev–Trinajstić information content (AvgIpc) is 2.38. The van der Waals surface area contributed by atoms with Gasteiger partial charge in [0, 0.05) is 11.6 Å². The molecule has 2 rings (SSSR count). The highest BCUT2D eigenvalue weighted by molar-refractivity contribution is 6.30. The summed E-state index contributed by atoms with van der Waals surface area (Å²) in [5.74, 6) is 0.838. The fraction of sp³-hybridized carbons (Fsp3) is 0.267. The van der Waals surface area contributed by atoms with Gasteiger partial charge >= 0.3 is 0 Å². The van der Waals surface area contributed by atoms with Crippen LogP contribution in [-0.4, -0.2) is 12.0 Å². The van der Waals surface area contributed by atoms with Crippen LogP contribution < -0.4 is 10.1 Å². The second-order valence-corrected chi connectivity index (χ2v) is 4.79. The van der Waals surface area contributed by atoms with E-state index in [1.807, 2.05) is 50.4 Å². The smallest absolute Gasteiger partial charge is 0.130 e. The van der Waals surface area contributed by atoms with Gasteiger partial charge in [-0.15, -0.1) is 0 Å². The molecule has 0 atom stereocenters. The predicted molar refractivity (Wildman–Crippen MR) is 77.5 cm³/mol. The number of benzene rings is 1. The summed E-state index contributed by atoms with van der Waals surface area (Å²) in [4.78, 5) is 4.51. The monoisotopic (exact) mass is 276 g/mol. The minimum Gasteiger partial charge on any atom is -0.487 e. The molecule has 0 saturated carbocycles. The lowest BCUT2D eigenvalue weighted by atomic mass is 10.2. The van der Waals surface area contributed by atoms with Crippen molar-refractivity contribution >= 4 is 11.6 Å². The van der Waals surface area contributed by atoms with Crippen molar-refractivity contribution in [1.29, 1.82) is 0 Å². The van der Waals surface area contributed by atoms with Gasteiger partial charge in [-0.2, -0.15) is 0 Å². The maximum absolute atomic E-state index is 5.91. The number of hydrogen-bond donors (Lipinski definition) is 1. The Balaban J connectivity index is 2.03. The molecule has 19 heavy (non-hydrogen) atoms. The molecule has 0 bridgehead atoms. The standard InChI is InChI=1S/C15H17ClN2O/c1-11-8-12(16)6-7-15(11)19-10-14-5-3-4-13(18-14)9-17-2/h3-8,17H,9-10H2,1-2H3. The minimum atomic E-state index is 0.458. The van der Waals surface area contributed by atoms with Gasteiger partial charge in [0.2, 0.25) is 0 Å². The van der Waals surface area contributed by atoms with E-state index in [2.05, 4.69) is 10.3 Å². The van der Waals surface area contributed by atoms with Crippen LogP contribution in [0.25, 0.3) is 0 Å². The van der Waals surface area contributed by atoms with E-state index in [0.29, 0.717) is 6.61 Å². The number of ether oxygens (including phenoxy) is 1. The molecule has 2 aromatic rings. The Bertz CT molecular complexity index is 558. The number of nitrogens with one attached hydrogen (secondary N) is 1. The highest BCUT2D eigenvalue weighted by Gasteiger charge is 2.02. The van der Waals surface area contributed by atoms with E-state index in [-0.39, 0.29) is 0 Å². The molecule has 0 unspecified atom stereocenters. The van der Waals surface area contributed by atoms with Gasteiger partial charge in [0.15, 0.2) is 0 Å². The first-order valence-corrected chi connectivity index (χ1v) is 6.55. The van der Waals surface area contributed by atoms with Crippen LogP contribution in [0.2, 0.25) is 5.02 Å². The van der Waals surface area contributed by atoms with E-state index in [4.69, 9.17) is 16.3 Å². The summed E-state index contributed by atoms with van der Waals surface area (Å²) in [6.07, 6.45) is 0. The summed E-state index contributed by atoms with van der Waals surface area (Å²) in [5.41, 5.74) is 2.96. The lowest BCUT2D eigenvalue weighted by Crippen LogP contribution is -2.08. The Labute approximate surface area is 118 Å². The second kappa shape index (κ2) is 6.55. The average molecular weight is 277 g/mol. The summed E-state index contributed by atoms with van der Waals surface area (Å²) < 4.78 is 5.77. The Morgan fingerprint density at radius 1 is 1.21 bits per heavy atom. The van der Waals surface area contributed by atoms with Gasteiger partial charge in [0.25, 0.3) is 0 Å². The molecule has 0 spiro atoms. The van der Waals surface area contributed by atoms with E-state index in [1.54, 1.807) is 0 Å². The maximum Gasteiger partial charge on any atom is 0.130 e. The lowest BCUT2D eigenvalue weighted by Gasteiger charge is -2.09. The highest BCUT2D eigenvalue weighted by Crippen LogP contribution is 2.22. The summed E-state index contributed by atoms with van der Waals surface area (Å²) in [6.45, 7) is 3.19. The zero-order valence-corrected chi connectivity index (χ0v) is 11.9. The summed E-state index contributed by atoms with van der Waals surface area (Å²) in [7, 11) is 1.90. The number of halogens is 1. The number of aromatic nitrogens is 1. The SMILES string of the molecule is CNCc1cccc(COc2ccc(Cl)cc2C)n1. The molecule has 0 aliphatic rings. The van der Waals surface area contributed by atoms with E-state index in [1.165, 1.54) is 0 Å². The van der Waals surface area contributed by atoms with Crippen molar-refractivity contribution < 1.29 is 4.74 Å². The molecule has 3 nitrogen and oxygen atoms in total. The van der Waals surface area contributed by atoms with Crippen molar-refractivity contribution in [2.24, 2.45) is 0 Å². The number of nitrogens with zero attached hydrogens (tertiary/aromatic N) is 1. The zero-order chi connectivity index (χ0) is 13.7. The Kier molecular flexibility index (Phi) is 4.77.